The number of rotatable bonds is 6. The van der Waals surface area contributed by atoms with Gasteiger partial charge in [0.05, 0.1) is 6.54 Å². The molecule has 4 rings (SSSR count). The maximum absolute atomic E-state index is 14.9. The van der Waals surface area contributed by atoms with E-state index in [4.69, 9.17) is 4.11 Å². The number of alkyl halides is 6. The van der Waals surface area contributed by atoms with Crippen LogP contribution in [0.2, 0.25) is 0 Å². The average molecular weight is 520 g/mol. The van der Waals surface area contributed by atoms with E-state index >= 15 is 0 Å². The lowest BCUT2D eigenvalue weighted by molar-refractivity contribution is -0.228. The van der Waals surface area contributed by atoms with Crippen molar-refractivity contribution in [2.75, 3.05) is 20.1 Å². The van der Waals surface area contributed by atoms with Crippen molar-refractivity contribution in [3.05, 3.63) is 70.5 Å². The Morgan fingerprint density at radius 1 is 1.14 bits per heavy atom. The van der Waals surface area contributed by atoms with E-state index in [9.17, 15) is 35.5 Å². The maximum Gasteiger partial charge on any atom is 0.426 e. The van der Waals surface area contributed by atoms with Crippen LogP contribution < -0.4 is 5.32 Å². The molecule has 1 unspecified atom stereocenters. The van der Waals surface area contributed by atoms with Gasteiger partial charge in [0.25, 0.3) is 5.91 Å². The van der Waals surface area contributed by atoms with E-state index in [2.05, 4.69) is 0 Å². The molecule has 2 aromatic carbocycles. The van der Waals surface area contributed by atoms with E-state index in [1.165, 1.54) is 46.6 Å². The standard InChI is InChI=1S/C26H27F7N2O/c1-23(28,26(31,32)33)18-6-9-20-17(13-18)5-10-21-24(20,14-16-3-7-19(27)8-4-16)11-12-35(21)15-25(29,30)22(36)34-2/h3-4,6-9,13,21H,5,10-12,14-15H2,1-2H3,(H,34,36)/t21-,23?,24-/m1/s1/i2D3. The third-order valence-corrected chi connectivity index (χ3v) is 7.61. The Balaban J connectivity index is 1.72. The van der Waals surface area contributed by atoms with Crippen molar-refractivity contribution in [2.24, 2.45) is 0 Å². The van der Waals surface area contributed by atoms with Gasteiger partial charge in [0, 0.05) is 22.5 Å². The number of nitrogens with zero attached hydrogens (tertiary/aromatic N) is 1. The highest BCUT2D eigenvalue weighted by Gasteiger charge is 2.56. The lowest BCUT2D eigenvalue weighted by atomic mass is 9.63. The Bertz CT molecular complexity index is 1230. The predicted molar refractivity (Wildman–Crippen MR) is 120 cm³/mol. The fourth-order valence-corrected chi connectivity index (χ4v) is 5.70. The molecule has 0 spiro atoms. The molecule has 1 heterocycles. The third kappa shape index (κ3) is 4.48. The lowest BCUT2D eigenvalue weighted by Gasteiger charge is -2.44. The summed E-state index contributed by atoms with van der Waals surface area (Å²) < 4.78 is 119. The highest BCUT2D eigenvalue weighted by Crippen LogP contribution is 2.51. The Labute approximate surface area is 208 Å². The summed E-state index contributed by atoms with van der Waals surface area (Å²) in [7, 11) is 0. The first-order valence-electron chi connectivity index (χ1n) is 12.9. The second-order valence-electron chi connectivity index (χ2n) is 9.77. The average Bonchev–Trinajstić information content (AvgIpc) is 3.16. The first kappa shape index (κ1) is 22.6. The predicted octanol–water partition coefficient (Wildman–Crippen LogP) is 5.46. The zero-order valence-corrected chi connectivity index (χ0v) is 19.4. The molecule has 2 aromatic rings. The van der Waals surface area contributed by atoms with Crippen molar-refractivity contribution in [3.8, 4) is 0 Å². The molecule has 0 radical (unpaired) electrons. The van der Waals surface area contributed by atoms with Gasteiger partial charge in [-0.3, -0.25) is 9.69 Å². The first-order chi connectivity index (χ1) is 17.9. The number of halogens is 7. The normalized spacial score (nSPS) is 25.7. The molecule has 3 nitrogen and oxygen atoms in total. The largest absolute Gasteiger partial charge is 0.426 e. The zero-order chi connectivity index (χ0) is 29.0. The molecule has 1 amide bonds. The molecule has 1 N–H and O–H groups in total. The summed E-state index contributed by atoms with van der Waals surface area (Å²) in [4.78, 5) is 13.4. The molecule has 0 aromatic heterocycles. The molecule has 10 heteroatoms. The van der Waals surface area contributed by atoms with Crippen molar-refractivity contribution in [2.45, 2.75) is 61.8 Å². The highest BCUT2D eigenvalue weighted by molar-refractivity contribution is 5.83. The molecule has 196 valence electrons. The zero-order valence-electron chi connectivity index (χ0n) is 22.4. The number of carbonyl (C=O) groups is 1. The van der Waals surface area contributed by atoms with Gasteiger partial charge in [0.2, 0.25) is 5.67 Å². The van der Waals surface area contributed by atoms with E-state index in [0.717, 1.165) is 6.07 Å². The maximum atomic E-state index is 14.9. The molecular weight excluding hydrogens is 489 g/mol. The van der Waals surface area contributed by atoms with Crippen LogP contribution in [-0.4, -0.2) is 49.0 Å². The monoisotopic (exact) mass is 519 g/mol. The van der Waals surface area contributed by atoms with Crippen molar-refractivity contribution in [1.82, 2.24) is 10.2 Å². The molecule has 3 atom stereocenters. The van der Waals surface area contributed by atoms with Gasteiger partial charge in [0.15, 0.2) is 0 Å². The lowest BCUT2D eigenvalue weighted by Crippen LogP contribution is -2.53. The van der Waals surface area contributed by atoms with Crippen LogP contribution in [0.5, 0.6) is 0 Å². The summed E-state index contributed by atoms with van der Waals surface area (Å²) in [5.41, 5.74) is -3.34. The number of nitrogens with one attached hydrogen (secondary N) is 1. The first-order valence-corrected chi connectivity index (χ1v) is 11.4. The summed E-state index contributed by atoms with van der Waals surface area (Å²) in [5, 5.41) is 1.33. The number of amides is 1. The van der Waals surface area contributed by atoms with Crippen LogP contribution in [0.15, 0.2) is 42.5 Å². The van der Waals surface area contributed by atoms with Crippen molar-refractivity contribution >= 4 is 5.91 Å². The number of aryl methyl sites for hydroxylation is 1. The second kappa shape index (κ2) is 9.04. The van der Waals surface area contributed by atoms with Crippen molar-refractivity contribution in [3.63, 3.8) is 0 Å². The van der Waals surface area contributed by atoms with Gasteiger partial charge >= 0.3 is 12.1 Å². The van der Waals surface area contributed by atoms with E-state index in [-0.39, 0.29) is 32.2 Å². The number of carbonyl (C=O) groups excluding carboxylic acids is 1. The van der Waals surface area contributed by atoms with Gasteiger partial charge in [-0.1, -0.05) is 30.3 Å². The van der Waals surface area contributed by atoms with Crippen LogP contribution in [0.4, 0.5) is 30.7 Å². The topological polar surface area (TPSA) is 32.3 Å². The molecule has 1 saturated heterocycles. The number of benzene rings is 2. The SMILES string of the molecule is [2H]C([2H])([2H])NC(=O)C(F)(F)CN1CC[C@@]2(Cc3ccc(F)cc3)c3ccc(C(C)(F)C(F)(F)F)cc3CC[C@@H]12. The minimum atomic E-state index is -5.14. The smallest absolute Gasteiger partial charge is 0.354 e. The fraction of sp³-hybridized carbons (Fsp3) is 0.500. The molecule has 1 aliphatic carbocycles. The summed E-state index contributed by atoms with van der Waals surface area (Å²) in [6.07, 6.45) is -4.22. The van der Waals surface area contributed by atoms with Crippen molar-refractivity contribution in [1.29, 1.82) is 0 Å². The highest BCUT2D eigenvalue weighted by atomic mass is 19.4. The number of hydrogen-bond acceptors (Lipinski definition) is 2. The van der Waals surface area contributed by atoms with E-state index < -0.39 is 60.0 Å². The molecule has 1 fully saturated rings. The summed E-state index contributed by atoms with van der Waals surface area (Å²) >= 11 is 0. The Hall–Kier alpha value is -2.62. The second-order valence-corrected chi connectivity index (χ2v) is 9.77. The van der Waals surface area contributed by atoms with Gasteiger partial charge < -0.3 is 5.32 Å². The third-order valence-electron chi connectivity index (χ3n) is 7.61. The van der Waals surface area contributed by atoms with Gasteiger partial charge in [-0.2, -0.15) is 22.0 Å². The summed E-state index contributed by atoms with van der Waals surface area (Å²) in [6.45, 7) is -3.62. The molecule has 1 aliphatic heterocycles. The summed E-state index contributed by atoms with van der Waals surface area (Å²) in [5.74, 6) is -6.45. The summed E-state index contributed by atoms with van der Waals surface area (Å²) in [6, 6.07) is 8.60. The number of hydrogen-bond donors (Lipinski definition) is 1. The van der Waals surface area contributed by atoms with E-state index in [1.54, 1.807) is 0 Å². The van der Waals surface area contributed by atoms with Gasteiger partial charge in [-0.05, 0) is 73.5 Å². The van der Waals surface area contributed by atoms with Crippen LogP contribution in [0.1, 0.15) is 46.1 Å². The molecule has 36 heavy (non-hydrogen) atoms. The molecule has 0 saturated carbocycles. The minimum absolute atomic E-state index is 0.0903. The number of likely N-dealkylation sites (tertiary alicyclic amines) is 1. The van der Waals surface area contributed by atoms with Crippen LogP contribution >= 0.6 is 0 Å². The van der Waals surface area contributed by atoms with Crippen LogP contribution in [-0.2, 0) is 28.7 Å². The Kier molecular flexibility index (Phi) is 5.67. The van der Waals surface area contributed by atoms with Crippen LogP contribution in [0.25, 0.3) is 0 Å². The van der Waals surface area contributed by atoms with Crippen LogP contribution in [0.3, 0.4) is 0 Å². The van der Waals surface area contributed by atoms with E-state index in [1.807, 2.05) is 0 Å². The quantitative estimate of drug-likeness (QED) is 0.515. The Morgan fingerprint density at radius 2 is 1.83 bits per heavy atom. The molecule has 2 aliphatic rings. The fourth-order valence-electron chi connectivity index (χ4n) is 5.70. The number of fused-ring (bicyclic) bond motifs is 3. The van der Waals surface area contributed by atoms with E-state index in [0.29, 0.717) is 23.6 Å². The van der Waals surface area contributed by atoms with Crippen LogP contribution in [0, 0.1) is 5.82 Å². The van der Waals surface area contributed by atoms with Gasteiger partial charge in [0.1, 0.15) is 5.82 Å². The molecule has 0 bridgehead atoms. The van der Waals surface area contributed by atoms with Crippen molar-refractivity contribution < 1.29 is 39.6 Å². The molecular formula is C26H27F7N2O. The van der Waals surface area contributed by atoms with Gasteiger partial charge in [-0.25, -0.2) is 8.78 Å². The van der Waals surface area contributed by atoms with Gasteiger partial charge in [-0.15, -0.1) is 0 Å². The minimum Gasteiger partial charge on any atom is -0.354 e. The Morgan fingerprint density at radius 3 is 2.47 bits per heavy atom.